The molecule has 0 saturated carbocycles. The Bertz CT molecular complexity index is 614. The lowest BCUT2D eigenvalue weighted by Gasteiger charge is -2.11. The van der Waals surface area contributed by atoms with Crippen LogP contribution in [0.15, 0.2) is 29.5 Å². The van der Waals surface area contributed by atoms with Gasteiger partial charge in [0.1, 0.15) is 18.4 Å². The summed E-state index contributed by atoms with van der Waals surface area (Å²) in [6, 6.07) is 3.57. The normalized spacial score (nSPS) is 12.6. The lowest BCUT2D eigenvalue weighted by molar-refractivity contribution is -0.122. The first-order valence-corrected chi connectivity index (χ1v) is 5.94. The molecule has 6 nitrogen and oxygen atoms in total. The number of aromatic nitrogens is 3. The van der Waals surface area contributed by atoms with Crippen LogP contribution in [0.25, 0.3) is 5.52 Å². The summed E-state index contributed by atoms with van der Waals surface area (Å²) in [5.74, 6) is -0.199. The number of hydrogen-bond donors (Lipinski definition) is 1. The third kappa shape index (κ3) is 2.42. The van der Waals surface area contributed by atoms with E-state index in [9.17, 15) is 9.59 Å². The molecular formula is C12H16N4O2. The molecule has 18 heavy (non-hydrogen) atoms. The Labute approximate surface area is 104 Å². The molecule has 1 atom stereocenters. The van der Waals surface area contributed by atoms with Gasteiger partial charge in [-0.25, -0.2) is 4.68 Å². The highest BCUT2D eigenvalue weighted by Gasteiger charge is 2.09. The van der Waals surface area contributed by atoms with Gasteiger partial charge >= 0.3 is 0 Å². The molecule has 0 aliphatic rings. The highest BCUT2D eigenvalue weighted by molar-refractivity contribution is 5.75. The zero-order chi connectivity index (χ0) is 13.1. The molecule has 0 aliphatic heterocycles. The maximum atomic E-state index is 12.0. The van der Waals surface area contributed by atoms with Gasteiger partial charge in [-0.15, -0.1) is 0 Å². The Morgan fingerprint density at radius 3 is 3.06 bits per heavy atom. The summed E-state index contributed by atoms with van der Waals surface area (Å²) in [6.45, 7) is 3.86. The molecule has 0 radical (unpaired) electrons. The largest absolute Gasteiger partial charge is 0.352 e. The van der Waals surface area contributed by atoms with Crippen LogP contribution in [0.2, 0.25) is 0 Å². The second-order valence-electron chi connectivity index (χ2n) is 4.27. The maximum Gasteiger partial charge on any atom is 0.291 e. The van der Waals surface area contributed by atoms with Crippen molar-refractivity contribution in [1.82, 2.24) is 19.5 Å². The fourth-order valence-electron chi connectivity index (χ4n) is 1.65. The zero-order valence-electron chi connectivity index (χ0n) is 10.5. The highest BCUT2D eigenvalue weighted by Crippen LogP contribution is 1.95. The van der Waals surface area contributed by atoms with Crippen molar-refractivity contribution in [1.29, 1.82) is 0 Å². The van der Waals surface area contributed by atoms with E-state index < -0.39 is 0 Å². The SMILES string of the molecule is CCC(C)NC(=O)Cn1ncn2cccc2c1=O. The third-order valence-corrected chi connectivity index (χ3v) is 2.86. The quantitative estimate of drug-likeness (QED) is 0.852. The molecule has 2 aromatic rings. The first-order chi connectivity index (χ1) is 8.61. The first kappa shape index (κ1) is 12.3. The molecule has 1 amide bonds. The van der Waals surface area contributed by atoms with Crippen molar-refractivity contribution in [3.05, 3.63) is 35.0 Å². The lowest BCUT2D eigenvalue weighted by atomic mass is 10.2. The number of rotatable bonds is 4. The predicted octanol–water partition coefficient (Wildman–Crippen LogP) is 0.411. The van der Waals surface area contributed by atoms with Crippen LogP contribution in [0, 0.1) is 0 Å². The van der Waals surface area contributed by atoms with Gasteiger partial charge in [0.25, 0.3) is 5.56 Å². The van der Waals surface area contributed by atoms with Crippen LogP contribution in [0.5, 0.6) is 0 Å². The summed E-state index contributed by atoms with van der Waals surface area (Å²) in [7, 11) is 0. The van der Waals surface area contributed by atoms with Gasteiger partial charge in [0, 0.05) is 12.2 Å². The van der Waals surface area contributed by atoms with Crippen molar-refractivity contribution in [2.45, 2.75) is 32.9 Å². The lowest BCUT2D eigenvalue weighted by Crippen LogP contribution is -2.38. The molecule has 0 aliphatic carbocycles. The van der Waals surface area contributed by atoms with Crippen LogP contribution in [0.1, 0.15) is 20.3 Å². The fraction of sp³-hybridized carbons (Fsp3) is 0.417. The van der Waals surface area contributed by atoms with Crippen LogP contribution in [-0.2, 0) is 11.3 Å². The topological polar surface area (TPSA) is 68.4 Å². The van der Waals surface area contributed by atoms with Crippen molar-refractivity contribution in [2.75, 3.05) is 0 Å². The summed E-state index contributed by atoms with van der Waals surface area (Å²) in [4.78, 5) is 23.7. The average Bonchev–Trinajstić information content (AvgIpc) is 2.81. The zero-order valence-corrected chi connectivity index (χ0v) is 10.5. The molecule has 0 spiro atoms. The molecule has 0 bridgehead atoms. The van der Waals surface area contributed by atoms with E-state index >= 15 is 0 Å². The van der Waals surface area contributed by atoms with Gasteiger partial charge < -0.3 is 9.72 Å². The third-order valence-electron chi connectivity index (χ3n) is 2.86. The summed E-state index contributed by atoms with van der Waals surface area (Å²) < 4.78 is 2.80. The van der Waals surface area contributed by atoms with Crippen molar-refractivity contribution >= 4 is 11.4 Å². The van der Waals surface area contributed by atoms with Crippen LogP contribution in [0.4, 0.5) is 0 Å². The molecule has 1 N–H and O–H groups in total. The summed E-state index contributed by atoms with van der Waals surface area (Å²) >= 11 is 0. The minimum atomic E-state index is -0.262. The number of nitrogens with one attached hydrogen (secondary N) is 1. The van der Waals surface area contributed by atoms with E-state index in [0.717, 1.165) is 6.42 Å². The Morgan fingerprint density at radius 2 is 2.33 bits per heavy atom. The van der Waals surface area contributed by atoms with E-state index in [4.69, 9.17) is 0 Å². The van der Waals surface area contributed by atoms with Gasteiger partial charge in [-0.2, -0.15) is 5.10 Å². The van der Waals surface area contributed by atoms with Gasteiger partial charge in [-0.3, -0.25) is 9.59 Å². The van der Waals surface area contributed by atoms with Gasteiger partial charge in [-0.1, -0.05) is 6.92 Å². The molecule has 0 fully saturated rings. The molecule has 96 valence electrons. The number of hydrogen-bond acceptors (Lipinski definition) is 3. The molecule has 2 heterocycles. The van der Waals surface area contributed by atoms with Crippen molar-refractivity contribution in [3.8, 4) is 0 Å². The second kappa shape index (κ2) is 5.03. The average molecular weight is 248 g/mol. The van der Waals surface area contributed by atoms with Crippen LogP contribution < -0.4 is 10.9 Å². The van der Waals surface area contributed by atoms with Gasteiger partial charge in [-0.05, 0) is 25.5 Å². The van der Waals surface area contributed by atoms with Gasteiger partial charge in [0.15, 0.2) is 0 Å². The second-order valence-corrected chi connectivity index (χ2v) is 4.27. The Morgan fingerprint density at radius 1 is 1.56 bits per heavy atom. The molecule has 2 rings (SSSR count). The van der Waals surface area contributed by atoms with Crippen LogP contribution in [0.3, 0.4) is 0 Å². The van der Waals surface area contributed by atoms with E-state index in [-0.39, 0.29) is 24.1 Å². The number of carbonyl (C=O) groups excluding carboxylic acids is 1. The molecule has 0 aromatic carbocycles. The Balaban J connectivity index is 2.19. The molecule has 6 heteroatoms. The molecule has 0 saturated heterocycles. The van der Waals surface area contributed by atoms with Gasteiger partial charge in [0.05, 0.1) is 0 Å². The number of amides is 1. The summed E-state index contributed by atoms with van der Waals surface area (Å²) in [6.07, 6.45) is 4.12. The summed E-state index contributed by atoms with van der Waals surface area (Å²) in [5.41, 5.74) is 0.253. The molecular weight excluding hydrogens is 232 g/mol. The Kier molecular flexibility index (Phi) is 3.45. The van der Waals surface area contributed by atoms with E-state index in [1.807, 2.05) is 13.8 Å². The summed E-state index contributed by atoms with van der Waals surface area (Å²) in [5, 5.41) is 6.76. The molecule has 2 aromatic heterocycles. The van der Waals surface area contributed by atoms with Crippen molar-refractivity contribution in [2.24, 2.45) is 0 Å². The Hall–Kier alpha value is -2.11. The van der Waals surface area contributed by atoms with Crippen molar-refractivity contribution < 1.29 is 4.79 Å². The van der Waals surface area contributed by atoms with E-state index in [2.05, 4.69) is 10.4 Å². The predicted molar refractivity (Wildman–Crippen MR) is 67.3 cm³/mol. The standard InChI is InChI=1S/C12H16N4O2/c1-3-9(2)14-11(17)7-16-12(18)10-5-4-6-15(10)8-13-16/h4-6,8-9H,3,7H2,1-2H3,(H,14,17). The maximum absolute atomic E-state index is 12.0. The fourth-order valence-corrected chi connectivity index (χ4v) is 1.65. The minimum Gasteiger partial charge on any atom is -0.352 e. The van der Waals surface area contributed by atoms with E-state index in [0.29, 0.717) is 5.52 Å². The smallest absolute Gasteiger partial charge is 0.291 e. The van der Waals surface area contributed by atoms with Gasteiger partial charge in [0.2, 0.25) is 5.91 Å². The van der Waals surface area contributed by atoms with Crippen LogP contribution >= 0.6 is 0 Å². The minimum absolute atomic E-state index is 0.0507. The number of nitrogens with zero attached hydrogens (tertiary/aromatic N) is 3. The van der Waals surface area contributed by atoms with Crippen LogP contribution in [-0.4, -0.2) is 26.1 Å². The van der Waals surface area contributed by atoms with E-state index in [1.54, 1.807) is 22.7 Å². The van der Waals surface area contributed by atoms with Crippen molar-refractivity contribution in [3.63, 3.8) is 0 Å². The number of carbonyl (C=O) groups is 1. The first-order valence-electron chi connectivity index (χ1n) is 5.94. The highest BCUT2D eigenvalue weighted by atomic mass is 16.2. The number of fused-ring (bicyclic) bond motifs is 1. The monoisotopic (exact) mass is 248 g/mol. The van der Waals surface area contributed by atoms with E-state index in [1.165, 1.54) is 11.0 Å². The molecule has 1 unspecified atom stereocenters.